The van der Waals surface area contributed by atoms with E-state index in [1.807, 2.05) is 19.2 Å². The summed E-state index contributed by atoms with van der Waals surface area (Å²) < 4.78 is 34.8. The topological polar surface area (TPSA) is 88.2 Å². The minimum Gasteiger partial charge on any atom is -0.371 e. The number of morpholine rings is 1. The lowest BCUT2D eigenvalue weighted by Gasteiger charge is -2.31. The van der Waals surface area contributed by atoms with Crippen molar-refractivity contribution in [2.45, 2.75) is 24.5 Å². The molecule has 3 rings (SSSR count). The Hall–Kier alpha value is -1.92. The van der Waals surface area contributed by atoms with Crippen LogP contribution in [0.3, 0.4) is 0 Å². The molecule has 0 saturated carbocycles. The molecule has 0 bridgehead atoms. The van der Waals surface area contributed by atoms with Crippen LogP contribution in [0.1, 0.15) is 24.2 Å². The highest BCUT2D eigenvalue weighted by Crippen LogP contribution is 2.28. The lowest BCUT2D eigenvalue weighted by atomic mass is 10.2. The predicted molar refractivity (Wildman–Crippen MR) is 91.5 cm³/mol. The average molecular weight is 381 g/mol. The minimum absolute atomic E-state index is 0.0364. The van der Waals surface area contributed by atoms with Gasteiger partial charge in [0.05, 0.1) is 24.5 Å². The maximum atomic E-state index is 13.0. The smallest absolute Gasteiger partial charge is 0.244 e. The summed E-state index contributed by atoms with van der Waals surface area (Å²) in [6, 6.07) is 6.10. The largest absolute Gasteiger partial charge is 0.371 e. The van der Waals surface area contributed by atoms with E-state index in [1.165, 1.54) is 22.5 Å². The van der Waals surface area contributed by atoms with Crippen LogP contribution < -0.4 is 0 Å². The number of benzene rings is 1. The zero-order valence-electron chi connectivity index (χ0n) is 13.6. The molecule has 1 saturated heterocycles. The second-order valence-electron chi connectivity index (χ2n) is 5.60. The normalized spacial score (nSPS) is 18.8. The zero-order valence-corrected chi connectivity index (χ0v) is 15.2. The van der Waals surface area contributed by atoms with Gasteiger partial charge in [-0.1, -0.05) is 11.6 Å². The number of sulfonamides is 1. The van der Waals surface area contributed by atoms with E-state index in [0.717, 1.165) is 12.1 Å². The van der Waals surface area contributed by atoms with Crippen molar-refractivity contribution in [1.29, 1.82) is 5.26 Å². The molecule has 1 aliphatic heterocycles. The molecule has 132 valence electrons. The van der Waals surface area contributed by atoms with Gasteiger partial charge < -0.3 is 4.74 Å². The molecule has 1 atom stereocenters. The molecule has 0 spiro atoms. The number of aryl methyl sites for hydroxylation is 1. The molecule has 25 heavy (non-hydrogen) atoms. The van der Waals surface area contributed by atoms with Gasteiger partial charge >= 0.3 is 0 Å². The van der Waals surface area contributed by atoms with E-state index >= 15 is 0 Å². The summed E-state index contributed by atoms with van der Waals surface area (Å²) in [5.41, 5.74) is 0.868. The Balaban J connectivity index is 1.89. The van der Waals surface area contributed by atoms with Crippen molar-refractivity contribution >= 4 is 21.6 Å². The fraction of sp³-hybridized carbons (Fsp3) is 0.375. The van der Waals surface area contributed by atoms with Crippen molar-refractivity contribution in [3.05, 3.63) is 46.7 Å². The molecule has 0 N–H and O–H groups in total. The van der Waals surface area contributed by atoms with Crippen LogP contribution in [-0.4, -0.2) is 42.2 Å². The maximum Gasteiger partial charge on any atom is 0.244 e. The van der Waals surface area contributed by atoms with Crippen LogP contribution in [-0.2, 0) is 21.3 Å². The minimum atomic E-state index is -3.82. The SMILES string of the molecule is CCn1cc([C@@H]2CN(S(=O)(=O)c3ccc(Cl)cc3C#N)CCO2)cn1. The fourth-order valence-electron chi connectivity index (χ4n) is 2.72. The van der Waals surface area contributed by atoms with Gasteiger partial charge in [-0.3, -0.25) is 4.68 Å². The third-order valence-electron chi connectivity index (χ3n) is 4.06. The van der Waals surface area contributed by atoms with Gasteiger partial charge in [0, 0.05) is 36.4 Å². The van der Waals surface area contributed by atoms with Crippen LogP contribution in [0.15, 0.2) is 35.5 Å². The van der Waals surface area contributed by atoms with Gasteiger partial charge in [0.2, 0.25) is 10.0 Å². The highest BCUT2D eigenvalue weighted by atomic mass is 35.5. The summed E-state index contributed by atoms with van der Waals surface area (Å²) >= 11 is 5.86. The van der Waals surface area contributed by atoms with Crippen molar-refractivity contribution in [1.82, 2.24) is 14.1 Å². The molecule has 2 heterocycles. The summed E-state index contributed by atoms with van der Waals surface area (Å²) in [4.78, 5) is -0.0377. The first-order valence-electron chi connectivity index (χ1n) is 7.79. The highest BCUT2D eigenvalue weighted by Gasteiger charge is 2.33. The fourth-order valence-corrected chi connectivity index (χ4v) is 4.44. The average Bonchev–Trinajstić information content (AvgIpc) is 3.10. The second kappa shape index (κ2) is 7.14. The van der Waals surface area contributed by atoms with Gasteiger partial charge in [-0.25, -0.2) is 8.42 Å². The van der Waals surface area contributed by atoms with E-state index < -0.39 is 10.0 Å². The lowest BCUT2D eigenvalue weighted by molar-refractivity contribution is -0.00260. The molecule has 1 aromatic heterocycles. The Morgan fingerprint density at radius 1 is 1.48 bits per heavy atom. The first-order chi connectivity index (χ1) is 12.0. The summed E-state index contributed by atoms with van der Waals surface area (Å²) in [5.74, 6) is 0. The number of nitrogens with zero attached hydrogens (tertiary/aromatic N) is 4. The van der Waals surface area contributed by atoms with E-state index in [0.29, 0.717) is 5.02 Å². The van der Waals surface area contributed by atoms with Crippen molar-refractivity contribution < 1.29 is 13.2 Å². The van der Waals surface area contributed by atoms with Crippen molar-refractivity contribution in [3.8, 4) is 6.07 Å². The molecular weight excluding hydrogens is 364 g/mol. The molecule has 7 nitrogen and oxygen atoms in total. The molecule has 0 aliphatic carbocycles. The summed E-state index contributed by atoms with van der Waals surface area (Å²) in [6.07, 6.45) is 3.15. The van der Waals surface area contributed by atoms with Crippen molar-refractivity contribution in [2.75, 3.05) is 19.7 Å². The first kappa shape index (κ1) is 17.9. The van der Waals surface area contributed by atoms with Gasteiger partial charge in [-0.15, -0.1) is 0 Å². The molecule has 1 aliphatic rings. The summed E-state index contributed by atoms with van der Waals surface area (Å²) in [5, 5.41) is 13.8. The molecule has 9 heteroatoms. The molecule has 1 aromatic carbocycles. The molecule has 0 amide bonds. The quantitative estimate of drug-likeness (QED) is 0.811. The van der Waals surface area contributed by atoms with Gasteiger partial charge in [0.25, 0.3) is 0 Å². The van der Waals surface area contributed by atoms with Crippen LogP contribution in [0, 0.1) is 11.3 Å². The number of rotatable bonds is 4. The monoisotopic (exact) mass is 380 g/mol. The molecule has 0 radical (unpaired) electrons. The lowest BCUT2D eigenvalue weighted by Crippen LogP contribution is -2.42. The first-order valence-corrected chi connectivity index (χ1v) is 9.61. The van der Waals surface area contributed by atoms with Gasteiger partial charge in [-0.2, -0.15) is 14.7 Å². The number of aromatic nitrogens is 2. The van der Waals surface area contributed by atoms with Gasteiger partial charge in [0.1, 0.15) is 11.0 Å². The van der Waals surface area contributed by atoms with E-state index in [4.69, 9.17) is 16.3 Å². The van der Waals surface area contributed by atoms with Crippen molar-refractivity contribution in [2.24, 2.45) is 0 Å². The summed E-state index contributed by atoms with van der Waals surface area (Å²) in [7, 11) is -3.82. The van der Waals surface area contributed by atoms with Crippen LogP contribution in [0.4, 0.5) is 0 Å². The molecule has 0 unspecified atom stereocenters. The van der Waals surface area contributed by atoms with E-state index in [-0.39, 0.29) is 36.3 Å². The maximum absolute atomic E-state index is 13.0. The van der Waals surface area contributed by atoms with E-state index in [1.54, 1.807) is 10.9 Å². The van der Waals surface area contributed by atoms with E-state index in [2.05, 4.69) is 5.10 Å². The van der Waals surface area contributed by atoms with Crippen molar-refractivity contribution in [3.63, 3.8) is 0 Å². The standard InChI is InChI=1S/C16H17ClN4O3S/c1-2-20-10-13(9-19-20)15-11-21(5-6-24-15)25(22,23)16-4-3-14(17)7-12(16)8-18/h3-4,7,9-10,15H,2,5-6,11H2,1H3/t15-/m0/s1. The Bertz CT molecular complexity index is 920. The van der Waals surface area contributed by atoms with Crippen LogP contribution >= 0.6 is 11.6 Å². The predicted octanol–water partition coefficient (Wildman–Crippen LogP) is 2.19. The van der Waals surface area contributed by atoms with E-state index in [9.17, 15) is 13.7 Å². The Morgan fingerprint density at radius 2 is 2.28 bits per heavy atom. The third-order valence-corrected chi connectivity index (χ3v) is 6.22. The Kier molecular flexibility index (Phi) is 5.11. The number of nitriles is 1. The second-order valence-corrected chi connectivity index (χ2v) is 7.95. The van der Waals surface area contributed by atoms with Crippen LogP contribution in [0.2, 0.25) is 5.02 Å². The number of halogens is 1. The molecule has 2 aromatic rings. The van der Waals surface area contributed by atoms with Gasteiger partial charge in [-0.05, 0) is 25.1 Å². The number of ether oxygens (including phenoxy) is 1. The van der Waals surface area contributed by atoms with Gasteiger partial charge in [0.15, 0.2) is 0 Å². The Morgan fingerprint density at radius 3 is 2.96 bits per heavy atom. The molecule has 1 fully saturated rings. The van der Waals surface area contributed by atoms with Crippen LogP contribution in [0.5, 0.6) is 0 Å². The molecular formula is C16H17ClN4O3S. The highest BCUT2D eigenvalue weighted by molar-refractivity contribution is 7.89. The van der Waals surface area contributed by atoms with Crippen LogP contribution in [0.25, 0.3) is 0 Å². The third kappa shape index (κ3) is 3.55. The number of hydrogen-bond donors (Lipinski definition) is 0. The summed E-state index contributed by atoms with van der Waals surface area (Å²) in [6.45, 7) is 3.38. The Labute approximate surface area is 151 Å². The zero-order chi connectivity index (χ0) is 18.0. The number of hydrogen-bond acceptors (Lipinski definition) is 5.